The van der Waals surface area contributed by atoms with E-state index in [4.69, 9.17) is 33.9 Å². The Hall–Kier alpha value is -0.910. The van der Waals surface area contributed by atoms with Gasteiger partial charge in [-0.2, -0.15) is 0 Å². The fourth-order valence-electron chi connectivity index (χ4n) is 11.2. The number of hydrogen-bond donors (Lipinski definition) is 0. The topological polar surface area (TPSA) is 76.1 Å². The normalized spacial score (nSPS) is 26.5. The van der Waals surface area contributed by atoms with Crippen molar-refractivity contribution in [1.29, 1.82) is 0 Å². The highest BCUT2D eigenvalue weighted by Gasteiger charge is 2.43. The third-order valence-corrected chi connectivity index (χ3v) is 18.4. The van der Waals surface area contributed by atoms with E-state index in [-0.39, 0.29) is 47.7 Å². The van der Waals surface area contributed by atoms with Crippen LogP contribution in [0, 0.1) is 59.2 Å². The molecule has 0 aromatic carbocycles. The lowest BCUT2D eigenvalue weighted by atomic mass is 9.65. The molecule has 2 aliphatic carbocycles. The number of thioether (sulfide) groups is 2. The number of thiocarbonyl (C=S) groups is 2. The zero-order chi connectivity index (χ0) is 45.2. The van der Waals surface area contributed by atoms with E-state index in [9.17, 15) is 14.4 Å². The lowest BCUT2D eigenvalue weighted by molar-refractivity contribution is -0.135. The summed E-state index contributed by atoms with van der Waals surface area (Å²) in [4.78, 5) is 46.8. The minimum absolute atomic E-state index is 0.143. The second-order valence-electron chi connectivity index (χ2n) is 20.6. The quantitative estimate of drug-likeness (QED) is 0.0479. The average molecular weight is 938 g/mol. The van der Waals surface area contributed by atoms with Crippen molar-refractivity contribution in [3.8, 4) is 0 Å². The highest BCUT2D eigenvalue weighted by molar-refractivity contribution is 8.23. The molecule has 62 heavy (non-hydrogen) atoms. The van der Waals surface area contributed by atoms with Crippen molar-refractivity contribution in [2.45, 2.75) is 209 Å². The summed E-state index contributed by atoms with van der Waals surface area (Å²) < 4.78 is 14.2. The van der Waals surface area contributed by atoms with Gasteiger partial charge in [-0.15, -0.1) is 0 Å². The maximum atomic E-state index is 14.5. The third-order valence-electron chi connectivity index (χ3n) is 15.6. The molecule has 2 aliphatic heterocycles. The van der Waals surface area contributed by atoms with Gasteiger partial charge in [0.25, 0.3) is 0 Å². The summed E-state index contributed by atoms with van der Waals surface area (Å²) in [6.45, 7) is 19.8. The number of nitrogens with zero attached hydrogens (tertiary/aromatic N) is 2. The van der Waals surface area contributed by atoms with Crippen LogP contribution in [0.3, 0.4) is 0 Å². The number of rotatable bonds is 26. The first kappa shape index (κ1) is 53.7. The van der Waals surface area contributed by atoms with Crippen LogP contribution in [0.25, 0.3) is 0 Å². The molecule has 2 saturated carbocycles. The Balaban J connectivity index is 1.53. The fraction of sp³-hybridized carbons (Fsp3) is 0.902. The van der Waals surface area contributed by atoms with Crippen LogP contribution in [0.4, 0.5) is 4.79 Å². The van der Waals surface area contributed by atoms with Gasteiger partial charge in [-0.1, -0.05) is 168 Å². The molecular weight excluding hydrogens is 849 g/mol. The van der Waals surface area contributed by atoms with E-state index in [1.54, 1.807) is 23.5 Å². The molecular formula is C51H88N2O5S4. The average Bonchev–Trinajstić information content (AvgIpc) is 3.88. The summed E-state index contributed by atoms with van der Waals surface area (Å²) in [7, 11) is 0. The van der Waals surface area contributed by atoms with E-state index >= 15 is 0 Å². The standard InChI is InChI=1S/C51H88N2O5S4/c1-9-11-13-15-17-19-41(25-27-43(47(54)52-29-31-61-49(52)59)45-33-39(35(3)4)23-21-37(45)7)57-51(56)58-42(20-18-16-14-12-10-2)26-28-44(48(55)53-30-32-62-50(53)60)46-34-40(36(5)6)24-22-38(46)8/h35-46H,9-34H2,1-8H3. The summed E-state index contributed by atoms with van der Waals surface area (Å²) in [5, 5.41) is 0. The summed E-state index contributed by atoms with van der Waals surface area (Å²) in [5.74, 6) is 5.70. The van der Waals surface area contributed by atoms with Gasteiger partial charge in [0.1, 0.15) is 20.8 Å². The number of hydrogen-bond acceptors (Lipinski definition) is 9. The highest BCUT2D eigenvalue weighted by atomic mass is 32.2. The molecule has 2 saturated heterocycles. The molecule has 10 unspecified atom stereocenters. The van der Waals surface area contributed by atoms with Crippen molar-refractivity contribution in [3.63, 3.8) is 0 Å². The van der Waals surface area contributed by atoms with E-state index in [2.05, 4.69) is 55.4 Å². The molecule has 2 amide bonds. The number of carbonyl (C=O) groups is 3. The molecule has 0 bridgehead atoms. The monoisotopic (exact) mass is 937 g/mol. The Morgan fingerprint density at radius 3 is 1.31 bits per heavy atom. The zero-order valence-corrected chi connectivity index (χ0v) is 43.6. The molecule has 11 heteroatoms. The lowest BCUT2D eigenvalue weighted by Gasteiger charge is -2.41. The fourth-order valence-corrected chi connectivity index (χ4v) is 13.7. The van der Waals surface area contributed by atoms with Gasteiger partial charge in [0.15, 0.2) is 0 Å². The largest absolute Gasteiger partial charge is 0.508 e. The summed E-state index contributed by atoms with van der Waals surface area (Å²) in [5.41, 5.74) is 0. The predicted molar refractivity (Wildman–Crippen MR) is 271 cm³/mol. The van der Waals surface area contributed by atoms with Gasteiger partial charge in [-0.3, -0.25) is 19.4 Å². The first-order valence-electron chi connectivity index (χ1n) is 25.6. The van der Waals surface area contributed by atoms with E-state index < -0.39 is 6.16 Å². The van der Waals surface area contributed by atoms with Crippen molar-refractivity contribution in [1.82, 2.24) is 9.80 Å². The van der Waals surface area contributed by atoms with Gasteiger partial charge in [0.05, 0.1) is 0 Å². The molecule has 7 nitrogen and oxygen atoms in total. The molecule has 4 fully saturated rings. The zero-order valence-electron chi connectivity index (χ0n) is 40.4. The highest BCUT2D eigenvalue weighted by Crippen LogP contribution is 2.45. The number of carbonyl (C=O) groups excluding carboxylic acids is 3. The van der Waals surface area contributed by atoms with E-state index in [0.29, 0.717) is 82.9 Å². The van der Waals surface area contributed by atoms with Gasteiger partial charge in [0.2, 0.25) is 11.8 Å². The van der Waals surface area contributed by atoms with Gasteiger partial charge >= 0.3 is 6.16 Å². The molecule has 0 aromatic rings. The summed E-state index contributed by atoms with van der Waals surface area (Å²) in [6.07, 6.45) is 21.2. The van der Waals surface area contributed by atoms with Gasteiger partial charge in [-0.05, 0) is 124 Å². The molecule has 10 atom stereocenters. The van der Waals surface area contributed by atoms with Crippen molar-refractivity contribution in [2.24, 2.45) is 59.2 Å². The second-order valence-corrected chi connectivity index (χ2v) is 24.1. The molecule has 0 N–H and O–H groups in total. The Kier molecular flexibility index (Phi) is 24.5. The summed E-state index contributed by atoms with van der Waals surface area (Å²) >= 11 is 14.6. The van der Waals surface area contributed by atoms with Crippen molar-refractivity contribution < 1.29 is 23.9 Å². The minimum atomic E-state index is -0.584. The molecule has 0 aromatic heterocycles. The maximum Gasteiger partial charge on any atom is 0.508 e. The third kappa shape index (κ3) is 16.8. The molecule has 0 spiro atoms. The number of amides is 2. The first-order valence-corrected chi connectivity index (χ1v) is 28.4. The number of unbranched alkanes of at least 4 members (excludes halogenated alkanes) is 8. The molecule has 2 heterocycles. The Morgan fingerprint density at radius 1 is 0.581 bits per heavy atom. The van der Waals surface area contributed by atoms with Crippen LogP contribution in [-0.4, -0.2) is 73.2 Å². The van der Waals surface area contributed by atoms with Crippen LogP contribution in [-0.2, 0) is 19.1 Å². The van der Waals surface area contributed by atoms with Crippen molar-refractivity contribution in [3.05, 3.63) is 0 Å². The maximum absolute atomic E-state index is 14.5. The SMILES string of the molecule is CCCCCCCC(CCC(C(=O)N1CCSC1=S)C1CC(C(C)C)CCC1C)OC(=O)OC(CCCCCCC)CCC(C(=O)N1CCSC1=S)C1CC(C(C)C)CCC1C. The Bertz CT molecular complexity index is 1300. The van der Waals surface area contributed by atoms with Crippen LogP contribution in [0.15, 0.2) is 0 Å². The first-order chi connectivity index (χ1) is 29.7. The van der Waals surface area contributed by atoms with E-state index in [0.717, 1.165) is 75.7 Å². The minimum Gasteiger partial charge on any atom is -0.431 e. The van der Waals surface area contributed by atoms with Gasteiger partial charge in [0, 0.05) is 36.4 Å². The van der Waals surface area contributed by atoms with Crippen LogP contribution in [0.2, 0.25) is 0 Å². The predicted octanol–water partition coefficient (Wildman–Crippen LogP) is 14.5. The number of ether oxygens (including phenoxy) is 2. The molecule has 356 valence electrons. The molecule has 4 aliphatic rings. The van der Waals surface area contributed by atoms with E-state index in [1.165, 1.54) is 51.4 Å². The van der Waals surface area contributed by atoms with Gasteiger partial charge in [-0.25, -0.2) is 4.79 Å². The van der Waals surface area contributed by atoms with Crippen LogP contribution in [0.5, 0.6) is 0 Å². The van der Waals surface area contributed by atoms with Crippen molar-refractivity contribution in [2.75, 3.05) is 24.6 Å². The Labute approximate surface area is 398 Å². The Morgan fingerprint density at radius 2 is 0.968 bits per heavy atom. The van der Waals surface area contributed by atoms with Crippen LogP contribution in [0.1, 0.15) is 197 Å². The summed E-state index contributed by atoms with van der Waals surface area (Å²) in [6, 6.07) is 0. The van der Waals surface area contributed by atoms with Crippen LogP contribution >= 0.6 is 48.0 Å². The van der Waals surface area contributed by atoms with Gasteiger partial charge < -0.3 is 9.47 Å². The smallest absolute Gasteiger partial charge is 0.431 e. The van der Waals surface area contributed by atoms with E-state index in [1.807, 2.05) is 9.80 Å². The lowest BCUT2D eigenvalue weighted by Crippen LogP contribution is -2.43. The van der Waals surface area contributed by atoms with Crippen molar-refractivity contribution >= 4 is 74.6 Å². The second kappa shape index (κ2) is 28.3. The molecule has 4 rings (SSSR count). The van der Waals surface area contributed by atoms with Crippen LogP contribution < -0.4 is 0 Å². The molecule has 0 radical (unpaired) electrons.